The Bertz CT molecular complexity index is 1260. The van der Waals surface area contributed by atoms with Crippen molar-refractivity contribution >= 4 is 23.9 Å². The van der Waals surface area contributed by atoms with E-state index in [2.05, 4.69) is 0 Å². The molecule has 0 aliphatic rings. The van der Waals surface area contributed by atoms with Crippen LogP contribution in [0, 0.1) is 13.8 Å². The van der Waals surface area contributed by atoms with Crippen LogP contribution < -0.4 is 14.2 Å². The number of carboxylic acid groups (broad SMARTS) is 1. The smallest absolute Gasteiger partial charge is 0.347 e. The minimum absolute atomic E-state index is 0. The first kappa shape index (κ1) is 30.5. The Morgan fingerprint density at radius 3 is 1.59 bits per heavy atom. The molecule has 196 valence electrons. The van der Waals surface area contributed by atoms with Crippen molar-refractivity contribution in [2.75, 3.05) is 0 Å². The van der Waals surface area contributed by atoms with Gasteiger partial charge in [-0.2, -0.15) is 0 Å². The van der Waals surface area contributed by atoms with Crippen molar-refractivity contribution in [1.29, 1.82) is 0 Å². The van der Waals surface area contributed by atoms with Crippen molar-refractivity contribution in [3.63, 3.8) is 0 Å². The molecule has 9 heteroatoms. The van der Waals surface area contributed by atoms with Crippen LogP contribution in [0.3, 0.4) is 0 Å². The zero-order chi connectivity index (χ0) is 26.8. The number of benzene rings is 3. The Balaban J connectivity index is 0.000000396. The van der Waals surface area contributed by atoms with Gasteiger partial charge in [0, 0.05) is 13.8 Å². The van der Waals surface area contributed by atoms with E-state index in [0.29, 0.717) is 5.75 Å². The van der Waals surface area contributed by atoms with E-state index in [-0.39, 0.29) is 36.7 Å². The van der Waals surface area contributed by atoms with Crippen molar-refractivity contribution in [2.24, 2.45) is 0 Å². The normalized spacial score (nSPS) is 9.65. The number of hydrogen-bond donors (Lipinski definition) is 2. The maximum Gasteiger partial charge on any atom is 0.347 e. The Kier molecular flexibility index (Phi) is 11.7. The number of aliphatic hydroxyl groups is 1. The van der Waals surface area contributed by atoms with Gasteiger partial charge in [0.25, 0.3) is 0 Å². The Morgan fingerprint density at radius 2 is 1.16 bits per heavy atom. The number of rotatable bonds is 6. The molecule has 0 saturated carbocycles. The summed E-state index contributed by atoms with van der Waals surface area (Å²) in [6, 6.07) is 16.0. The number of ether oxygens (including phenoxy) is 3. The lowest BCUT2D eigenvalue weighted by Gasteiger charge is -2.10. The summed E-state index contributed by atoms with van der Waals surface area (Å²) in [5, 5.41) is 17.8. The second-order valence-electron chi connectivity index (χ2n) is 7.68. The first-order valence-corrected chi connectivity index (χ1v) is 10.7. The summed E-state index contributed by atoms with van der Waals surface area (Å²) in [4.78, 5) is 44.8. The fourth-order valence-electron chi connectivity index (χ4n) is 2.91. The van der Waals surface area contributed by atoms with Crippen LogP contribution in [-0.4, -0.2) is 34.1 Å². The van der Waals surface area contributed by atoms with Crippen LogP contribution in [0.15, 0.2) is 60.7 Å². The van der Waals surface area contributed by atoms with Crippen molar-refractivity contribution in [3.8, 4) is 17.2 Å². The highest BCUT2D eigenvalue weighted by Crippen LogP contribution is 2.23. The standard InChI is InChI=1S/C17H16O5.C10H10O4.CH4/c1-11-3-8-15(16(9-11)21-12(2)19)17(20)22-14-6-4-13(10-18)5-7-14;1-6-3-4-8(10(12)13)9(5-6)14-7(2)11;/h3-9,18H,10H2,1-2H3;3-5H,1-2H3,(H,12,13);1H4. The molecule has 0 saturated heterocycles. The maximum atomic E-state index is 12.2. The van der Waals surface area contributed by atoms with E-state index in [1.807, 2.05) is 6.92 Å². The van der Waals surface area contributed by atoms with Crippen molar-refractivity contribution < 1.29 is 43.6 Å². The fourth-order valence-corrected chi connectivity index (χ4v) is 2.91. The molecule has 3 rings (SSSR count). The summed E-state index contributed by atoms with van der Waals surface area (Å²) >= 11 is 0. The van der Waals surface area contributed by atoms with Crippen LogP contribution in [0.1, 0.15) is 58.7 Å². The van der Waals surface area contributed by atoms with Crippen molar-refractivity contribution in [2.45, 2.75) is 41.7 Å². The topological polar surface area (TPSA) is 136 Å². The highest BCUT2D eigenvalue weighted by Gasteiger charge is 2.17. The van der Waals surface area contributed by atoms with E-state index in [9.17, 15) is 19.2 Å². The number of aromatic carboxylic acids is 1. The minimum atomic E-state index is -1.11. The van der Waals surface area contributed by atoms with Crippen molar-refractivity contribution in [3.05, 3.63) is 88.5 Å². The Hall–Kier alpha value is -4.50. The fraction of sp³-hybridized carbons (Fsp3) is 0.214. The molecule has 0 bridgehead atoms. The Morgan fingerprint density at radius 1 is 0.703 bits per heavy atom. The molecule has 0 heterocycles. The molecule has 0 unspecified atom stereocenters. The minimum Gasteiger partial charge on any atom is -0.478 e. The molecule has 0 radical (unpaired) electrons. The number of esters is 3. The van der Waals surface area contributed by atoms with Crippen LogP contribution >= 0.6 is 0 Å². The van der Waals surface area contributed by atoms with Gasteiger partial charge in [-0.05, 0) is 66.9 Å². The molecule has 3 aromatic carbocycles. The van der Waals surface area contributed by atoms with Gasteiger partial charge in [-0.1, -0.05) is 31.7 Å². The molecular weight excluding hydrogens is 480 g/mol. The van der Waals surface area contributed by atoms with Gasteiger partial charge >= 0.3 is 23.9 Å². The number of hydrogen-bond acceptors (Lipinski definition) is 8. The third kappa shape index (κ3) is 9.58. The van der Waals surface area contributed by atoms with Gasteiger partial charge in [-0.3, -0.25) is 9.59 Å². The van der Waals surface area contributed by atoms with Crippen LogP contribution in [-0.2, 0) is 16.2 Å². The molecule has 0 aromatic heterocycles. The monoisotopic (exact) mass is 510 g/mol. The first-order valence-electron chi connectivity index (χ1n) is 10.7. The predicted molar refractivity (Wildman–Crippen MR) is 136 cm³/mol. The molecule has 0 aliphatic heterocycles. The molecule has 0 amide bonds. The van der Waals surface area contributed by atoms with Gasteiger partial charge in [0.05, 0.1) is 6.61 Å². The van der Waals surface area contributed by atoms with Crippen LogP contribution in [0.2, 0.25) is 0 Å². The average molecular weight is 511 g/mol. The summed E-state index contributed by atoms with van der Waals surface area (Å²) in [6.07, 6.45) is 0. The molecule has 3 aromatic rings. The Labute approximate surface area is 215 Å². The van der Waals surface area contributed by atoms with E-state index in [1.165, 1.54) is 26.0 Å². The number of carbonyl (C=O) groups excluding carboxylic acids is 3. The maximum absolute atomic E-state index is 12.2. The largest absolute Gasteiger partial charge is 0.478 e. The van der Waals surface area contributed by atoms with E-state index in [0.717, 1.165) is 16.7 Å². The van der Waals surface area contributed by atoms with E-state index >= 15 is 0 Å². The van der Waals surface area contributed by atoms with Gasteiger partial charge in [-0.15, -0.1) is 0 Å². The highest BCUT2D eigenvalue weighted by molar-refractivity contribution is 5.95. The molecular formula is C28H30O9. The highest BCUT2D eigenvalue weighted by atomic mass is 16.6. The third-order valence-electron chi connectivity index (χ3n) is 4.55. The summed E-state index contributed by atoms with van der Waals surface area (Å²) < 4.78 is 15.1. The van der Waals surface area contributed by atoms with Gasteiger partial charge < -0.3 is 24.4 Å². The number of carbonyl (C=O) groups is 4. The predicted octanol–water partition coefficient (Wildman–Crippen LogP) is 4.89. The molecule has 37 heavy (non-hydrogen) atoms. The molecule has 0 atom stereocenters. The van der Waals surface area contributed by atoms with Crippen molar-refractivity contribution in [1.82, 2.24) is 0 Å². The molecule has 0 fully saturated rings. The van der Waals surface area contributed by atoms with E-state index < -0.39 is 23.9 Å². The average Bonchev–Trinajstić information content (AvgIpc) is 2.79. The lowest BCUT2D eigenvalue weighted by molar-refractivity contribution is -0.132. The number of carboxylic acids is 1. The second kappa shape index (κ2) is 14.2. The summed E-state index contributed by atoms with van der Waals surface area (Å²) in [5.41, 5.74) is 2.58. The zero-order valence-corrected chi connectivity index (χ0v) is 20.2. The quantitative estimate of drug-likeness (QED) is 0.351. The van der Waals surface area contributed by atoms with Crippen LogP contribution in [0.4, 0.5) is 0 Å². The first-order chi connectivity index (χ1) is 17.0. The van der Waals surface area contributed by atoms with E-state index in [4.69, 9.17) is 24.4 Å². The molecule has 9 nitrogen and oxygen atoms in total. The third-order valence-corrected chi connectivity index (χ3v) is 4.55. The SMILES string of the molecule is C.CC(=O)Oc1cc(C)ccc1C(=O)O.CC(=O)Oc1cc(C)ccc1C(=O)Oc1ccc(CO)cc1. The van der Waals surface area contributed by atoms with Gasteiger partial charge in [-0.25, -0.2) is 9.59 Å². The van der Waals surface area contributed by atoms with Gasteiger partial charge in [0.1, 0.15) is 28.4 Å². The van der Waals surface area contributed by atoms with Crippen LogP contribution in [0.5, 0.6) is 17.2 Å². The zero-order valence-electron chi connectivity index (χ0n) is 20.2. The second-order valence-corrected chi connectivity index (χ2v) is 7.68. The lowest BCUT2D eigenvalue weighted by atomic mass is 10.1. The summed E-state index contributed by atoms with van der Waals surface area (Å²) in [7, 11) is 0. The number of aliphatic hydroxyl groups excluding tert-OH is 1. The van der Waals surface area contributed by atoms with E-state index in [1.54, 1.807) is 55.5 Å². The van der Waals surface area contributed by atoms with Gasteiger partial charge in [0.2, 0.25) is 0 Å². The lowest BCUT2D eigenvalue weighted by Crippen LogP contribution is -2.12. The van der Waals surface area contributed by atoms with Crippen LogP contribution in [0.25, 0.3) is 0 Å². The van der Waals surface area contributed by atoms with Gasteiger partial charge in [0.15, 0.2) is 0 Å². The molecule has 0 spiro atoms. The number of aryl methyl sites for hydroxylation is 2. The summed E-state index contributed by atoms with van der Waals surface area (Å²) in [6.45, 7) is 6.04. The summed E-state index contributed by atoms with van der Waals surface area (Å²) in [5.74, 6) is -2.16. The molecule has 0 aliphatic carbocycles. The molecule has 2 N–H and O–H groups in total.